The Labute approximate surface area is 218 Å². The van der Waals surface area contributed by atoms with Crippen molar-refractivity contribution in [2.45, 2.75) is 37.8 Å². The van der Waals surface area contributed by atoms with Crippen LogP contribution in [-0.4, -0.2) is 54.6 Å². The topological polar surface area (TPSA) is 129 Å². The number of fused-ring (bicyclic) bond motifs is 5. The van der Waals surface area contributed by atoms with Crippen molar-refractivity contribution < 1.29 is 37.0 Å². The van der Waals surface area contributed by atoms with Crippen LogP contribution in [0.2, 0.25) is 0 Å². The molecule has 2 bridgehead atoms. The van der Waals surface area contributed by atoms with Crippen LogP contribution < -0.4 is 10.1 Å². The van der Waals surface area contributed by atoms with E-state index in [0.717, 1.165) is 26.0 Å². The van der Waals surface area contributed by atoms with E-state index in [4.69, 9.17) is 9.47 Å². The molecule has 3 saturated heterocycles. The second kappa shape index (κ2) is 9.15. The van der Waals surface area contributed by atoms with Crippen molar-refractivity contribution in [3.63, 3.8) is 0 Å². The van der Waals surface area contributed by atoms with E-state index in [1.54, 1.807) is 6.07 Å². The van der Waals surface area contributed by atoms with Crippen LogP contribution in [0.15, 0.2) is 42.7 Å². The van der Waals surface area contributed by atoms with Crippen molar-refractivity contribution in [1.29, 1.82) is 0 Å². The molecule has 11 nitrogen and oxygen atoms in total. The number of carbonyl (C=O) groups excluding carboxylic acids is 3. The quantitative estimate of drug-likeness (QED) is 0.471. The fourth-order valence-corrected chi connectivity index (χ4v) is 5.33. The first-order valence-corrected chi connectivity index (χ1v) is 12.1. The maximum Gasteiger partial charge on any atom is 0.433 e. The number of imide groups is 1. The van der Waals surface area contributed by atoms with Gasteiger partial charge in [-0.1, -0.05) is 0 Å². The molecule has 202 valence electrons. The number of aromatic nitrogens is 4. The van der Waals surface area contributed by atoms with Gasteiger partial charge in [-0.05, 0) is 31.0 Å². The summed E-state index contributed by atoms with van der Waals surface area (Å²) in [6.45, 7) is 0.0259. The first kappa shape index (κ1) is 25.0. The average molecular weight is 542 g/mol. The summed E-state index contributed by atoms with van der Waals surface area (Å²) in [6.07, 6.45) is -0.748. The summed E-state index contributed by atoms with van der Waals surface area (Å²) in [5, 5.41) is 6.30. The molecule has 3 aliphatic rings. The van der Waals surface area contributed by atoms with Gasteiger partial charge in [-0.15, -0.1) is 5.10 Å². The number of ether oxygens (including phenoxy) is 2. The third kappa shape index (κ3) is 4.50. The number of nitrogens with zero attached hydrogens (tertiary/aromatic N) is 5. The lowest BCUT2D eigenvalue weighted by Crippen LogP contribution is -2.34. The van der Waals surface area contributed by atoms with Gasteiger partial charge in [0.05, 0.1) is 53.7 Å². The maximum atomic E-state index is 12.9. The number of hydrogen-bond donors (Lipinski definition) is 1. The van der Waals surface area contributed by atoms with E-state index in [9.17, 15) is 27.6 Å². The summed E-state index contributed by atoms with van der Waals surface area (Å²) < 4.78 is 50.4. The molecule has 0 aromatic carbocycles. The van der Waals surface area contributed by atoms with Crippen LogP contribution in [0.25, 0.3) is 0 Å². The van der Waals surface area contributed by atoms with Gasteiger partial charge < -0.3 is 14.8 Å². The molecule has 3 aromatic rings. The number of alkyl halides is 3. The van der Waals surface area contributed by atoms with Crippen LogP contribution in [0.3, 0.4) is 0 Å². The maximum absolute atomic E-state index is 12.9. The van der Waals surface area contributed by atoms with Crippen molar-refractivity contribution in [3.8, 4) is 11.8 Å². The molecule has 6 heterocycles. The fraction of sp³-hybridized carbons (Fsp3) is 0.360. The van der Waals surface area contributed by atoms with E-state index in [2.05, 4.69) is 20.4 Å². The van der Waals surface area contributed by atoms with Gasteiger partial charge in [-0.3, -0.25) is 28.9 Å². The molecule has 14 heteroatoms. The highest BCUT2D eigenvalue weighted by Crippen LogP contribution is 2.48. The zero-order chi connectivity index (χ0) is 27.5. The van der Waals surface area contributed by atoms with Crippen LogP contribution in [0.1, 0.15) is 34.6 Å². The van der Waals surface area contributed by atoms with Gasteiger partial charge >= 0.3 is 6.18 Å². The Morgan fingerprint density at radius 1 is 1.05 bits per heavy atom. The zero-order valence-electron chi connectivity index (χ0n) is 20.4. The summed E-state index contributed by atoms with van der Waals surface area (Å²) in [4.78, 5) is 47.7. The SMILES string of the molecule is Cn1nc(Oc2ccc(NC(=O)c3ccc(CN4C(=O)C5C6CCC(O6)C5C4=O)nc3)cn2)cc1C(F)(F)F. The molecule has 4 unspecified atom stereocenters. The van der Waals surface area contributed by atoms with Gasteiger partial charge in [0.2, 0.25) is 23.6 Å². The molecule has 39 heavy (non-hydrogen) atoms. The number of hydrogen-bond acceptors (Lipinski definition) is 8. The Hall–Kier alpha value is -4.33. The molecule has 0 aliphatic carbocycles. The summed E-state index contributed by atoms with van der Waals surface area (Å²) in [5.74, 6) is -2.06. The Kier molecular flexibility index (Phi) is 5.86. The third-order valence-electron chi connectivity index (χ3n) is 7.13. The minimum Gasteiger partial charge on any atom is -0.419 e. The molecule has 3 amide bonds. The number of rotatable bonds is 6. The molecule has 4 atom stereocenters. The van der Waals surface area contributed by atoms with E-state index in [1.165, 1.54) is 35.5 Å². The number of pyridine rings is 2. The highest BCUT2D eigenvalue weighted by molar-refractivity contribution is 6.06. The number of carbonyl (C=O) groups is 3. The molecule has 1 N–H and O–H groups in total. The molecule has 3 fully saturated rings. The van der Waals surface area contributed by atoms with Gasteiger partial charge in [-0.2, -0.15) is 13.2 Å². The predicted octanol–water partition coefficient (Wildman–Crippen LogP) is 2.94. The molecule has 3 aromatic heterocycles. The third-order valence-corrected chi connectivity index (χ3v) is 7.13. The summed E-state index contributed by atoms with van der Waals surface area (Å²) in [5.41, 5.74) is 0.0382. The van der Waals surface area contributed by atoms with E-state index in [-0.39, 0.29) is 47.9 Å². The Bertz CT molecular complexity index is 1430. The average Bonchev–Trinajstić information content (AvgIpc) is 3.66. The van der Waals surface area contributed by atoms with Crippen molar-refractivity contribution in [3.05, 3.63) is 59.7 Å². The molecular formula is C25H21F3N6O5. The largest absolute Gasteiger partial charge is 0.433 e. The van der Waals surface area contributed by atoms with Gasteiger partial charge in [-0.25, -0.2) is 4.98 Å². The standard InChI is InChI=1S/C25H21F3N6O5/c1-33-17(25(26,27)28)8-19(32-33)39-18-7-4-13(10-30-18)31-22(35)12-2-3-14(29-9-12)11-34-23(36)20-15-5-6-16(38-15)21(20)24(34)37/h2-4,7-10,15-16,20-21H,5-6,11H2,1H3,(H,31,35). The van der Waals surface area contributed by atoms with Crippen LogP contribution in [0.5, 0.6) is 11.8 Å². The van der Waals surface area contributed by atoms with E-state index >= 15 is 0 Å². The minimum atomic E-state index is -4.57. The first-order chi connectivity index (χ1) is 18.6. The van der Waals surface area contributed by atoms with Gasteiger partial charge in [0, 0.05) is 25.4 Å². The number of aryl methyl sites for hydroxylation is 1. The number of nitrogens with one attached hydrogen (secondary N) is 1. The van der Waals surface area contributed by atoms with Gasteiger partial charge in [0.25, 0.3) is 5.91 Å². The van der Waals surface area contributed by atoms with E-state index in [0.29, 0.717) is 16.1 Å². The zero-order valence-corrected chi connectivity index (χ0v) is 20.4. The van der Waals surface area contributed by atoms with Crippen LogP contribution in [0, 0.1) is 11.8 Å². The number of amides is 3. The molecule has 0 spiro atoms. The van der Waals surface area contributed by atoms with E-state index in [1.807, 2.05) is 0 Å². The van der Waals surface area contributed by atoms with Crippen molar-refractivity contribution in [2.24, 2.45) is 18.9 Å². The Balaban J connectivity index is 1.06. The number of halogens is 3. The highest BCUT2D eigenvalue weighted by atomic mass is 19.4. The van der Waals surface area contributed by atoms with Crippen molar-refractivity contribution in [1.82, 2.24) is 24.6 Å². The molecular weight excluding hydrogens is 521 g/mol. The molecule has 0 radical (unpaired) electrons. The summed E-state index contributed by atoms with van der Waals surface area (Å²) >= 11 is 0. The predicted molar refractivity (Wildman–Crippen MR) is 125 cm³/mol. The van der Waals surface area contributed by atoms with Crippen molar-refractivity contribution in [2.75, 3.05) is 5.32 Å². The highest BCUT2D eigenvalue weighted by Gasteiger charge is 2.62. The monoisotopic (exact) mass is 542 g/mol. The van der Waals surface area contributed by atoms with Crippen LogP contribution in [-0.2, 0) is 34.1 Å². The molecule has 3 aliphatic heterocycles. The lowest BCUT2D eigenvalue weighted by Gasteiger charge is -2.17. The number of anilines is 1. The number of likely N-dealkylation sites (tertiary alicyclic amines) is 1. The summed E-state index contributed by atoms with van der Waals surface area (Å²) in [6, 6.07) is 6.70. The lowest BCUT2D eigenvalue weighted by atomic mass is 9.81. The summed E-state index contributed by atoms with van der Waals surface area (Å²) in [7, 11) is 1.15. The first-order valence-electron chi connectivity index (χ1n) is 12.1. The molecule has 6 rings (SSSR count). The smallest absolute Gasteiger partial charge is 0.419 e. The second-order valence-electron chi connectivity index (χ2n) is 9.57. The van der Waals surface area contributed by atoms with Crippen LogP contribution >= 0.6 is 0 Å². The van der Waals surface area contributed by atoms with Gasteiger partial charge in [0.1, 0.15) is 5.69 Å². The van der Waals surface area contributed by atoms with E-state index < -0.39 is 29.6 Å². The van der Waals surface area contributed by atoms with Gasteiger partial charge in [0.15, 0.2) is 0 Å². The Morgan fingerprint density at radius 2 is 1.77 bits per heavy atom. The van der Waals surface area contributed by atoms with Crippen molar-refractivity contribution >= 4 is 23.4 Å². The Morgan fingerprint density at radius 3 is 2.33 bits per heavy atom. The molecule has 0 saturated carbocycles. The fourth-order valence-electron chi connectivity index (χ4n) is 5.33. The normalized spacial score (nSPS) is 23.8. The second-order valence-corrected chi connectivity index (χ2v) is 9.57. The lowest BCUT2D eigenvalue weighted by molar-refractivity contribution is -0.144. The minimum absolute atomic E-state index is 0.0134. The van der Waals surface area contributed by atoms with Crippen LogP contribution in [0.4, 0.5) is 18.9 Å².